The number of nitrogens with zero attached hydrogens (tertiary/aromatic N) is 2. The summed E-state index contributed by atoms with van der Waals surface area (Å²) in [4.78, 5) is 33.5. The lowest BCUT2D eigenvalue weighted by Crippen LogP contribution is -2.45. The van der Waals surface area contributed by atoms with Gasteiger partial charge in [-0.25, -0.2) is 4.98 Å². The van der Waals surface area contributed by atoms with Crippen LogP contribution < -0.4 is 10.5 Å². The van der Waals surface area contributed by atoms with Gasteiger partial charge in [0.15, 0.2) is 0 Å². The molecule has 1 N–H and O–H groups in total. The van der Waals surface area contributed by atoms with E-state index in [0.29, 0.717) is 23.1 Å². The average Bonchev–Trinajstić information content (AvgIpc) is 2.82. The first-order valence-corrected chi connectivity index (χ1v) is 8.33. The van der Waals surface area contributed by atoms with Crippen molar-refractivity contribution in [3.63, 3.8) is 0 Å². The number of nitrogens with one attached hydrogen (secondary N) is 1. The van der Waals surface area contributed by atoms with E-state index in [1.54, 1.807) is 0 Å². The van der Waals surface area contributed by atoms with Gasteiger partial charge in [0.05, 0.1) is 23.1 Å². The lowest BCUT2D eigenvalue weighted by molar-refractivity contribution is -0.126. The Morgan fingerprint density at radius 1 is 1.29 bits per heavy atom. The highest BCUT2D eigenvalue weighted by Gasteiger charge is 2.46. The van der Waals surface area contributed by atoms with E-state index in [4.69, 9.17) is 0 Å². The third-order valence-corrected chi connectivity index (χ3v) is 5.26. The van der Waals surface area contributed by atoms with Crippen LogP contribution >= 0.6 is 0 Å². The minimum absolute atomic E-state index is 0.0131. The Bertz CT molecular complexity index is 926. The minimum atomic E-state index is -0.133. The number of Topliss-reactive ketones (excluding diaryl/α,β-unsaturated/α-hetero) is 1. The minimum Gasteiger partial charge on any atom is -0.344 e. The maximum Gasteiger partial charge on any atom is 0.258 e. The van der Waals surface area contributed by atoms with Gasteiger partial charge in [-0.15, -0.1) is 0 Å². The fourth-order valence-corrected chi connectivity index (χ4v) is 4.25. The van der Waals surface area contributed by atoms with E-state index in [9.17, 15) is 9.59 Å². The first-order chi connectivity index (χ1) is 11.4. The molecule has 2 aliphatic rings. The molecule has 5 nitrogen and oxygen atoms in total. The third-order valence-electron chi connectivity index (χ3n) is 5.26. The van der Waals surface area contributed by atoms with Crippen LogP contribution in [-0.4, -0.2) is 21.8 Å². The molecule has 2 heterocycles. The topological polar surface area (TPSA) is 66.1 Å². The Kier molecular flexibility index (Phi) is 3.17. The number of anilines is 1. The molecule has 0 amide bonds. The summed E-state index contributed by atoms with van der Waals surface area (Å²) in [7, 11) is 0. The number of carbonyl (C=O) groups excluding carboxylic acids is 1. The molecule has 1 aromatic heterocycles. The summed E-state index contributed by atoms with van der Waals surface area (Å²) in [5, 5.41) is 0.581. The molecule has 0 radical (unpaired) electrons. The first-order valence-electron chi connectivity index (χ1n) is 8.33. The second kappa shape index (κ2) is 5.03. The van der Waals surface area contributed by atoms with Gasteiger partial charge >= 0.3 is 0 Å². The van der Waals surface area contributed by atoms with Crippen molar-refractivity contribution in [1.82, 2.24) is 9.97 Å². The maximum atomic E-state index is 12.6. The number of ketones is 1. The highest BCUT2D eigenvalue weighted by Crippen LogP contribution is 2.45. The standard InChI is InChI=1S/C19H21N3O2/c1-11-9-22(15-7-19(2,3)8-16(23)17(11)15)12-4-5-13-14(6-12)20-10-21-18(13)24/h4-6,9-10,15,17H,7-8H2,1-3H3,(H,20,21,24). The van der Waals surface area contributed by atoms with Gasteiger partial charge in [-0.1, -0.05) is 13.8 Å². The Hall–Kier alpha value is -2.43. The molecule has 2 aromatic rings. The van der Waals surface area contributed by atoms with Crippen molar-refractivity contribution in [2.45, 2.75) is 39.7 Å². The van der Waals surface area contributed by atoms with Crippen molar-refractivity contribution < 1.29 is 4.79 Å². The number of fused-ring (bicyclic) bond motifs is 2. The SMILES string of the molecule is CC1=CN(c2ccc3c(=O)[nH]cnc3c2)C2CC(C)(C)CC(=O)C12. The van der Waals surface area contributed by atoms with E-state index in [2.05, 4.69) is 34.9 Å². The number of hydrogen-bond donors (Lipinski definition) is 1. The predicted molar refractivity (Wildman–Crippen MR) is 93.9 cm³/mol. The number of aromatic nitrogens is 2. The van der Waals surface area contributed by atoms with Crippen molar-refractivity contribution in [2.24, 2.45) is 11.3 Å². The summed E-state index contributed by atoms with van der Waals surface area (Å²) in [5.74, 6) is 0.323. The van der Waals surface area contributed by atoms with Crippen LogP contribution in [0.4, 0.5) is 5.69 Å². The molecule has 1 aromatic carbocycles. The molecular formula is C19H21N3O2. The van der Waals surface area contributed by atoms with Crippen molar-refractivity contribution in [3.8, 4) is 0 Å². The molecule has 0 bridgehead atoms. The van der Waals surface area contributed by atoms with Crippen LogP contribution in [-0.2, 0) is 4.79 Å². The molecule has 124 valence electrons. The molecular weight excluding hydrogens is 302 g/mol. The van der Waals surface area contributed by atoms with Gasteiger partial charge in [0.2, 0.25) is 0 Å². The summed E-state index contributed by atoms with van der Waals surface area (Å²) < 4.78 is 0. The smallest absolute Gasteiger partial charge is 0.258 e. The molecule has 5 heteroatoms. The van der Waals surface area contributed by atoms with Crippen LogP contribution in [0.5, 0.6) is 0 Å². The number of hydrogen-bond acceptors (Lipinski definition) is 4. The fourth-order valence-electron chi connectivity index (χ4n) is 4.25. The van der Waals surface area contributed by atoms with Crippen LogP contribution in [0.25, 0.3) is 10.9 Å². The second-order valence-electron chi connectivity index (χ2n) is 7.77. The zero-order chi connectivity index (χ0) is 17.1. The lowest BCUT2D eigenvalue weighted by atomic mass is 9.68. The number of aromatic amines is 1. The summed E-state index contributed by atoms with van der Waals surface area (Å²) in [6, 6.07) is 5.84. The predicted octanol–water partition coefficient (Wildman–Crippen LogP) is 3.02. The molecule has 24 heavy (non-hydrogen) atoms. The van der Waals surface area contributed by atoms with E-state index in [1.807, 2.05) is 25.1 Å². The van der Waals surface area contributed by atoms with Gasteiger partial charge in [0.1, 0.15) is 5.78 Å². The average molecular weight is 323 g/mol. The summed E-state index contributed by atoms with van der Waals surface area (Å²) in [6.45, 7) is 6.36. The normalized spacial score (nSPS) is 25.7. The van der Waals surface area contributed by atoms with Gasteiger partial charge in [-0.2, -0.15) is 0 Å². The molecule has 1 aliphatic carbocycles. The molecule has 1 fully saturated rings. The van der Waals surface area contributed by atoms with E-state index >= 15 is 0 Å². The molecule has 0 saturated heterocycles. The second-order valence-corrected chi connectivity index (χ2v) is 7.77. The van der Waals surface area contributed by atoms with Crippen LogP contribution in [0.3, 0.4) is 0 Å². The number of benzene rings is 1. The summed E-state index contributed by atoms with van der Waals surface area (Å²) in [5.41, 5.74) is 2.66. The summed E-state index contributed by atoms with van der Waals surface area (Å²) in [6.07, 6.45) is 5.12. The molecule has 2 unspecified atom stereocenters. The molecule has 0 spiro atoms. The molecule has 4 rings (SSSR count). The quantitative estimate of drug-likeness (QED) is 0.876. The van der Waals surface area contributed by atoms with Crippen LogP contribution in [0.15, 0.2) is 41.1 Å². The van der Waals surface area contributed by atoms with Crippen molar-refractivity contribution >= 4 is 22.4 Å². The van der Waals surface area contributed by atoms with Crippen molar-refractivity contribution in [3.05, 3.63) is 46.7 Å². The highest BCUT2D eigenvalue weighted by molar-refractivity contribution is 5.89. The molecule has 1 saturated carbocycles. The maximum absolute atomic E-state index is 12.6. The zero-order valence-corrected chi connectivity index (χ0v) is 14.2. The van der Waals surface area contributed by atoms with Crippen molar-refractivity contribution in [2.75, 3.05) is 4.90 Å². The van der Waals surface area contributed by atoms with Gasteiger partial charge in [-0.3, -0.25) is 9.59 Å². The van der Waals surface area contributed by atoms with Crippen LogP contribution in [0.1, 0.15) is 33.6 Å². The van der Waals surface area contributed by atoms with Crippen molar-refractivity contribution in [1.29, 1.82) is 0 Å². The van der Waals surface area contributed by atoms with Gasteiger partial charge in [0, 0.05) is 24.4 Å². The van der Waals surface area contributed by atoms with E-state index < -0.39 is 0 Å². The van der Waals surface area contributed by atoms with Crippen LogP contribution in [0.2, 0.25) is 0 Å². The van der Waals surface area contributed by atoms with Gasteiger partial charge < -0.3 is 9.88 Å². The third kappa shape index (κ3) is 2.27. The van der Waals surface area contributed by atoms with E-state index in [1.165, 1.54) is 6.33 Å². The molecule has 2 atom stereocenters. The Morgan fingerprint density at radius 3 is 2.88 bits per heavy atom. The zero-order valence-electron chi connectivity index (χ0n) is 14.2. The van der Waals surface area contributed by atoms with Gasteiger partial charge in [0.25, 0.3) is 5.56 Å². The lowest BCUT2D eigenvalue weighted by Gasteiger charge is -2.41. The van der Waals surface area contributed by atoms with E-state index in [-0.39, 0.29) is 22.9 Å². The first kappa shape index (κ1) is 15.1. The Balaban J connectivity index is 1.79. The number of rotatable bonds is 1. The fraction of sp³-hybridized carbons (Fsp3) is 0.421. The van der Waals surface area contributed by atoms with Crippen LogP contribution in [0, 0.1) is 11.3 Å². The summed E-state index contributed by atoms with van der Waals surface area (Å²) >= 11 is 0. The van der Waals surface area contributed by atoms with E-state index in [0.717, 1.165) is 17.7 Å². The largest absolute Gasteiger partial charge is 0.344 e. The number of carbonyl (C=O) groups is 1. The Morgan fingerprint density at radius 2 is 2.08 bits per heavy atom. The monoisotopic (exact) mass is 323 g/mol. The van der Waals surface area contributed by atoms with Gasteiger partial charge in [-0.05, 0) is 42.5 Å². The Labute approximate surface area is 140 Å². The highest BCUT2D eigenvalue weighted by atomic mass is 16.1. The number of H-pyrrole nitrogens is 1. The molecule has 1 aliphatic heterocycles.